The van der Waals surface area contributed by atoms with Gasteiger partial charge in [-0.3, -0.25) is 4.57 Å². The quantitative estimate of drug-likeness (QED) is 0.367. The summed E-state index contributed by atoms with van der Waals surface area (Å²) < 4.78 is 26.1. The van der Waals surface area contributed by atoms with Gasteiger partial charge >= 0.3 is 8.03 Å². The smallest absolute Gasteiger partial charge is 0.394 e. The largest absolute Gasteiger partial charge is 0.511 e. The van der Waals surface area contributed by atoms with Gasteiger partial charge in [0.1, 0.15) is 23.5 Å². The monoisotopic (exact) mass is 456 g/mol. The number of hydrogen-bond acceptors (Lipinski definition) is 9. The Bertz CT molecular complexity index is 846. The fourth-order valence-corrected chi connectivity index (χ4v) is 4.65. The number of aliphatic hydroxyl groups is 2. The van der Waals surface area contributed by atoms with Crippen LogP contribution in [0.2, 0.25) is 0 Å². The summed E-state index contributed by atoms with van der Waals surface area (Å²) in [6.45, 7) is 7.66. The van der Waals surface area contributed by atoms with Crippen LogP contribution < -0.4 is 5.32 Å². The van der Waals surface area contributed by atoms with E-state index in [-0.39, 0.29) is 12.3 Å². The zero-order chi connectivity index (χ0) is 23.0. The second-order valence-corrected chi connectivity index (χ2v) is 9.19. The highest BCUT2D eigenvalue weighted by Gasteiger charge is 2.39. The molecule has 0 amide bonds. The summed E-state index contributed by atoms with van der Waals surface area (Å²) >= 11 is 0. The molecule has 0 aliphatic heterocycles. The van der Waals surface area contributed by atoms with Gasteiger partial charge in [0.2, 0.25) is 0 Å². The van der Waals surface area contributed by atoms with E-state index in [2.05, 4.69) is 20.3 Å². The van der Waals surface area contributed by atoms with Gasteiger partial charge in [-0.1, -0.05) is 20.8 Å². The molecule has 0 aromatic carbocycles. The van der Waals surface area contributed by atoms with Crippen LogP contribution in [0.25, 0.3) is 11.2 Å². The molecule has 0 bridgehead atoms. The van der Waals surface area contributed by atoms with Gasteiger partial charge in [-0.05, 0) is 30.8 Å². The molecular weight excluding hydrogens is 421 g/mol. The molecule has 0 aliphatic rings. The van der Waals surface area contributed by atoms with Gasteiger partial charge < -0.3 is 20.3 Å². The first-order valence-electron chi connectivity index (χ1n) is 10.7. The van der Waals surface area contributed by atoms with Crippen molar-refractivity contribution in [1.29, 1.82) is 0 Å². The molecule has 0 saturated heterocycles. The van der Waals surface area contributed by atoms with E-state index in [1.165, 1.54) is 12.7 Å². The number of hydrogen-bond donors (Lipinski definition) is 3. The summed E-state index contributed by atoms with van der Waals surface area (Å²) in [6, 6.07) is 0. The molecule has 0 saturated carbocycles. The predicted molar refractivity (Wildman–Crippen MR) is 119 cm³/mol. The molecule has 2 heterocycles. The lowest BCUT2D eigenvalue weighted by molar-refractivity contribution is -0.105. The van der Waals surface area contributed by atoms with Crippen LogP contribution in [-0.4, -0.2) is 67.4 Å². The zero-order valence-electron chi connectivity index (χ0n) is 19.0. The van der Waals surface area contributed by atoms with Crippen LogP contribution >= 0.6 is 8.03 Å². The van der Waals surface area contributed by atoms with Crippen LogP contribution in [-0.2, 0) is 13.8 Å². The molecule has 0 radical (unpaired) electrons. The van der Waals surface area contributed by atoms with E-state index in [1.54, 1.807) is 11.6 Å². The fraction of sp³-hybridized carbons (Fsp3) is 0.750. The van der Waals surface area contributed by atoms with Crippen molar-refractivity contribution in [2.75, 3.05) is 25.6 Å². The first-order valence-corrected chi connectivity index (χ1v) is 12.0. The Morgan fingerprint density at radius 2 is 1.97 bits per heavy atom. The van der Waals surface area contributed by atoms with Gasteiger partial charge in [-0.2, -0.15) is 0 Å². The maximum Gasteiger partial charge on any atom is 0.511 e. The maximum atomic E-state index is 12.6. The van der Waals surface area contributed by atoms with Gasteiger partial charge in [0.15, 0.2) is 23.4 Å². The van der Waals surface area contributed by atoms with Crippen LogP contribution in [0, 0.1) is 0 Å². The predicted octanol–water partition coefficient (Wildman–Crippen LogP) is 3.24. The normalized spacial score (nSPS) is 16.3. The van der Waals surface area contributed by atoms with E-state index in [1.807, 2.05) is 27.7 Å². The fourth-order valence-electron chi connectivity index (χ4n) is 3.25. The minimum absolute atomic E-state index is 0.0316. The molecule has 0 aliphatic carbocycles. The van der Waals surface area contributed by atoms with E-state index in [9.17, 15) is 14.8 Å². The average Bonchev–Trinajstić information content (AvgIpc) is 3.21. The molecule has 4 atom stereocenters. The Labute approximate surface area is 184 Å². The highest BCUT2D eigenvalue weighted by molar-refractivity contribution is 7.40. The van der Waals surface area contributed by atoms with Crippen molar-refractivity contribution in [2.45, 2.75) is 77.0 Å². The molecule has 10 nitrogen and oxygen atoms in total. The number of nitrogens with one attached hydrogen (secondary N) is 1. The Morgan fingerprint density at radius 3 is 2.55 bits per heavy atom. The molecule has 174 valence electrons. The summed E-state index contributed by atoms with van der Waals surface area (Å²) in [6.07, 6.45) is 3.56. The van der Waals surface area contributed by atoms with Crippen molar-refractivity contribution >= 4 is 25.0 Å². The molecule has 3 N–H and O–H groups in total. The van der Waals surface area contributed by atoms with Gasteiger partial charge in [0.05, 0.1) is 19.5 Å². The minimum Gasteiger partial charge on any atom is -0.394 e. The third kappa shape index (κ3) is 6.17. The number of aliphatic hydroxyl groups excluding tert-OH is 2. The number of fused-ring (bicyclic) bond motifs is 1. The lowest BCUT2D eigenvalue weighted by Crippen LogP contribution is -2.33. The number of ether oxygens (including phenoxy) is 1. The second kappa shape index (κ2) is 11.8. The van der Waals surface area contributed by atoms with Crippen molar-refractivity contribution in [2.24, 2.45) is 0 Å². The SMILES string of the molecule is CCC(CC)[P+](=O)O[C@@](C)(CC)CCOC([C@H](O)CO)n1cnc2c(NC)ncnc21. The second-order valence-electron chi connectivity index (χ2n) is 7.71. The molecule has 31 heavy (non-hydrogen) atoms. The van der Waals surface area contributed by atoms with Gasteiger partial charge in [0.25, 0.3) is 0 Å². The molecule has 0 fully saturated rings. The summed E-state index contributed by atoms with van der Waals surface area (Å²) in [4.78, 5) is 12.7. The topological polar surface area (TPSA) is 132 Å². The Morgan fingerprint density at radius 1 is 1.26 bits per heavy atom. The standard InChI is InChI=1S/C20H35N5O5P/c1-6-14(7-2)31(28)30-20(4,8-3)9-10-29-19(15(27)11-26)25-13-24-16-17(21-5)22-12-23-18(16)25/h12-15,19,26-27H,6-11H2,1-5H3,(H,21,22,23)/q+1/t15-,19?,20+/m1/s1. The first kappa shape index (κ1) is 25.5. The highest BCUT2D eigenvalue weighted by Crippen LogP contribution is 2.41. The first-order chi connectivity index (χ1) is 14.8. The number of aromatic nitrogens is 4. The lowest BCUT2D eigenvalue weighted by atomic mass is 10.0. The molecular formula is C20H35N5O5P+. The molecule has 11 heteroatoms. The number of imidazole rings is 1. The van der Waals surface area contributed by atoms with Crippen molar-refractivity contribution < 1.29 is 24.0 Å². The third-order valence-corrected chi connectivity index (χ3v) is 7.55. The Kier molecular flexibility index (Phi) is 9.71. The Balaban J connectivity index is 2.15. The van der Waals surface area contributed by atoms with Gasteiger partial charge in [-0.15, -0.1) is 4.52 Å². The molecule has 2 aromatic rings. The van der Waals surface area contributed by atoms with Crippen LogP contribution in [0.4, 0.5) is 5.82 Å². The van der Waals surface area contributed by atoms with Crippen molar-refractivity contribution in [3.63, 3.8) is 0 Å². The summed E-state index contributed by atoms with van der Waals surface area (Å²) in [5, 5.41) is 22.9. The van der Waals surface area contributed by atoms with E-state index in [0.717, 1.165) is 12.8 Å². The van der Waals surface area contributed by atoms with Crippen molar-refractivity contribution in [1.82, 2.24) is 19.5 Å². The number of rotatable bonds is 14. The molecule has 2 unspecified atom stereocenters. The number of anilines is 1. The number of nitrogens with zero attached hydrogens (tertiary/aromatic N) is 4. The van der Waals surface area contributed by atoms with Crippen LogP contribution in [0.3, 0.4) is 0 Å². The maximum absolute atomic E-state index is 12.6. The van der Waals surface area contributed by atoms with E-state index < -0.39 is 32.6 Å². The third-order valence-electron chi connectivity index (χ3n) is 5.60. The minimum atomic E-state index is -1.78. The molecule has 2 rings (SSSR count). The van der Waals surface area contributed by atoms with Crippen LogP contribution in [0.1, 0.15) is 59.6 Å². The van der Waals surface area contributed by atoms with Crippen LogP contribution in [0.5, 0.6) is 0 Å². The van der Waals surface area contributed by atoms with E-state index >= 15 is 0 Å². The summed E-state index contributed by atoms with van der Waals surface area (Å²) in [5.74, 6) is 0.554. The van der Waals surface area contributed by atoms with Gasteiger partial charge in [-0.25, -0.2) is 15.0 Å². The van der Waals surface area contributed by atoms with E-state index in [0.29, 0.717) is 29.8 Å². The van der Waals surface area contributed by atoms with Crippen molar-refractivity contribution in [3.05, 3.63) is 12.7 Å². The summed E-state index contributed by atoms with van der Waals surface area (Å²) in [5.41, 5.74) is 0.420. The zero-order valence-corrected chi connectivity index (χ0v) is 19.9. The van der Waals surface area contributed by atoms with E-state index in [4.69, 9.17) is 9.26 Å². The Hall–Kier alpha value is -1.71. The molecule has 0 spiro atoms. The lowest BCUT2D eigenvalue weighted by Gasteiger charge is -2.27. The van der Waals surface area contributed by atoms with Crippen molar-refractivity contribution in [3.8, 4) is 0 Å². The molecule has 2 aromatic heterocycles. The highest BCUT2D eigenvalue weighted by atomic mass is 31.1. The van der Waals surface area contributed by atoms with Gasteiger partial charge in [0, 0.05) is 13.5 Å². The average molecular weight is 457 g/mol. The van der Waals surface area contributed by atoms with Crippen LogP contribution in [0.15, 0.2) is 12.7 Å². The summed E-state index contributed by atoms with van der Waals surface area (Å²) in [7, 11) is -0.0533.